The van der Waals surface area contributed by atoms with E-state index in [-0.39, 0.29) is 0 Å². The Morgan fingerprint density at radius 2 is 1.80 bits per heavy atom. The third-order valence-corrected chi connectivity index (χ3v) is 4.02. The monoisotopic (exact) mass is 138 g/mol. The summed E-state index contributed by atoms with van der Waals surface area (Å²) in [5.41, 5.74) is 0.583. The SMILES string of the molecule is BC1CC(C)C(C)C1(C)C. The van der Waals surface area contributed by atoms with Crippen molar-refractivity contribution in [2.24, 2.45) is 17.3 Å². The van der Waals surface area contributed by atoms with Gasteiger partial charge in [-0.15, -0.1) is 0 Å². The van der Waals surface area contributed by atoms with E-state index in [1.165, 1.54) is 6.42 Å². The average Bonchev–Trinajstić information content (AvgIpc) is 1.97. The van der Waals surface area contributed by atoms with E-state index in [1.807, 2.05) is 0 Å². The van der Waals surface area contributed by atoms with E-state index < -0.39 is 0 Å². The van der Waals surface area contributed by atoms with Crippen molar-refractivity contribution in [3.8, 4) is 0 Å². The fourth-order valence-electron chi connectivity index (χ4n) is 2.25. The highest BCUT2D eigenvalue weighted by Gasteiger charge is 2.41. The van der Waals surface area contributed by atoms with E-state index in [0.717, 1.165) is 17.7 Å². The zero-order valence-electron chi connectivity index (χ0n) is 7.94. The molecule has 0 radical (unpaired) electrons. The molecule has 0 aromatic heterocycles. The van der Waals surface area contributed by atoms with Gasteiger partial charge in [-0.3, -0.25) is 0 Å². The van der Waals surface area contributed by atoms with Crippen molar-refractivity contribution in [3.05, 3.63) is 0 Å². The molecule has 1 saturated carbocycles. The van der Waals surface area contributed by atoms with Crippen LogP contribution in [-0.4, -0.2) is 7.85 Å². The molecule has 1 fully saturated rings. The quantitative estimate of drug-likeness (QED) is 0.449. The summed E-state index contributed by atoms with van der Waals surface area (Å²) in [5.74, 6) is 2.75. The molecule has 3 unspecified atom stereocenters. The Labute approximate surface area is 65.8 Å². The maximum absolute atomic E-state index is 2.41. The maximum Gasteiger partial charge on any atom is 0.106 e. The van der Waals surface area contributed by atoms with Gasteiger partial charge in [0.15, 0.2) is 0 Å². The summed E-state index contributed by atoms with van der Waals surface area (Å²) in [5, 5.41) is 0. The normalized spacial score (nSPS) is 45.8. The third-order valence-electron chi connectivity index (χ3n) is 4.02. The minimum atomic E-state index is 0.583. The summed E-state index contributed by atoms with van der Waals surface area (Å²) in [6.45, 7) is 9.60. The molecule has 0 heterocycles. The lowest BCUT2D eigenvalue weighted by Crippen LogP contribution is -2.21. The van der Waals surface area contributed by atoms with Crippen LogP contribution in [0.15, 0.2) is 0 Å². The highest BCUT2D eigenvalue weighted by atomic mass is 14.4. The first-order valence-electron chi connectivity index (χ1n) is 4.46. The largest absolute Gasteiger partial charge is 0.106 e. The minimum Gasteiger partial charge on any atom is -0.0642 e. The van der Waals surface area contributed by atoms with Crippen molar-refractivity contribution in [3.63, 3.8) is 0 Å². The molecule has 0 spiro atoms. The maximum atomic E-state index is 2.41. The first kappa shape index (κ1) is 8.16. The summed E-state index contributed by atoms with van der Waals surface area (Å²) in [4.78, 5) is 0. The van der Waals surface area contributed by atoms with Crippen LogP contribution in [0.3, 0.4) is 0 Å². The van der Waals surface area contributed by atoms with Gasteiger partial charge in [0.1, 0.15) is 7.85 Å². The van der Waals surface area contributed by atoms with Gasteiger partial charge in [0.05, 0.1) is 0 Å². The van der Waals surface area contributed by atoms with Crippen molar-refractivity contribution < 1.29 is 0 Å². The Balaban J connectivity index is 2.75. The van der Waals surface area contributed by atoms with Gasteiger partial charge in [-0.25, -0.2) is 0 Å². The van der Waals surface area contributed by atoms with Crippen LogP contribution in [0.4, 0.5) is 0 Å². The van der Waals surface area contributed by atoms with Gasteiger partial charge in [0.2, 0.25) is 0 Å². The molecule has 0 bridgehead atoms. The molecule has 0 nitrogen and oxygen atoms in total. The molecular weight excluding hydrogens is 119 g/mol. The molecule has 1 aliphatic rings. The van der Waals surface area contributed by atoms with Crippen LogP contribution in [0.1, 0.15) is 34.1 Å². The Morgan fingerprint density at radius 3 is 1.90 bits per heavy atom. The van der Waals surface area contributed by atoms with Crippen molar-refractivity contribution in [2.45, 2.75) is 39.9 Å². The minimum absolute atomic E-state index is 0.583. The summed E-state index contributed by atoms with van der Waals surface area (Å²) in [6, 6.07) is 0. The number of rotatable bonds is 0. The van der Waals surface area contributed by atoms with Gasteiger partial charge >= 0.3 is 0 Å². The highest BCUT2D eigenvalue weighted by molar-refractivity contribution is 6.12. The second-order valence-corrected chi connectivity index (χ2v) is 4.72. The van der Waals surface area contributed by atoms with E-state index in [4.69, 9.17) is 0 Å². The first-order valence-corrected chi connectivity index (χ1v) is 4.46. The fourth-order valence-corrected chi connectivity index (χ4v) is 2.25. The zero-order valence-corrected chi connectivity index (χ0v) is 7.94. The lowest BCUT2D eigenvalue weighted by molar-refractivity contribution is 0.248. The molecule has 0 aromatic rings. The fraction of sp³-hybridized carbons (Fsp3) is 1.00. The second kappa shape index (κ2) is 2.28. The van der Waals surface area contributed by atoms with Crippen LogP contribution in [-0.2, 0) is 0 Å². The highest BCUT2D eigenvalue weighted by Crippen LogP contribution is 2.52. The van der Waals surface area contributed by atoms with Crippen LogP contribution in [0.2, 0.25) is 5.82 Å². The van der Waals surface area contributed by atoms with Crippen LogP contribution < -0.4 is 0 Å². The van der Waals surface area contributed by atoms with Crippen LogP contribution in [0.5, 0.6) is 0 Å². The molecule has 1 heteroatoms. The lowest BCUT2D eigenvalue weighted by atomic mass is 9.67. The first-order chi connectivity index (χ1) is 4.46. The van der Waals surface area contributed by atoms with Gasteiger partial charge in [0, 0.05) is 0 Å². The molecule has 0 aliphatic heterocycles. The smallest absolute Gasteiger partial charge is 0.0642 e. The van der Waals surface area contributed by atoms with Crippen LogP contribution in [0, 0.1) is 17.3 Å². The molecule has 0 saturated heterocycles. The Morgan fingerprint density at radius 1 is 1.30 bits per heavy atom. The van der Waals surface area contributed by atoms with E-state index >= 15 is 0 Å². The van der Waals surface area contributed by atoms with Gasteiger partial charge < -0.3 is 0 Å². The molecule has 0 amide bonds. The topological polar surface area (TPSA) is 0 Å². The van der Waals surface area contributed by atoms with E-state index in [2.05, 4.69) is 35.5 Å². The van der Waals surface area contributed by atoms with E-state index in [9.17, 15) is 0 Å². The zero-order chi connectivity index (χ0) is 7.94. The Hall–Kier alpha value is 0.0649. The van der Waals surface area contributed by atoms with E-state index in [0.29, 0.717) is 5.41 Å². The van der Waals surface area contributed by atoms with Crippen molar-refractivity contribution in [2.75, 3.05) is 0 Å². The summed E-state index contributed by atoms with van der Waals surface area (Å²) in [6.07, 6.45) is 1.42. The molecule has 58 valence electrons. The molecule has 10 heavy (non-hydrogen) atoms. The van der Waals surface area contributed by atoms with Crippen molar-refractivity contribution in [1.29, 1.82) is 0 Å². The van der Waals surface area contributed by atoms with Crippen molar-refractivity contribution >= 4 is 7.85 Å². The van der Waals surface area contributed by atoms with E-state index in [1.54, 1.807) is 0 Å². The van der Waals surface area contributed by atoms with Gasteiger partial charge in [-0.05, 0) is 17.3 Å². The third kappa shape index (κ3) is 1.000. The summed E-state index contributed by atoms with van der Waals surface area (Å²) >= 11 is 0. The van der Waals surface area contributed by atoms with Gasteiger partial charge in [-0.1, -0.05) is 39.9 Å². The summed E-state index contributed by atoms with van der Waals surface area (Å²) in [7, 11) is 2.39. The Kier molecular flexibility index (Phi) is 1.87. The number of hydrogen-bond donors (Lipinski definition) is 0. The molecular formula is C9H19B. The average molecular weight is 138 g/mol. The molecule has 0 aromatic carbocycles. The molecule has 1 rings (SSSR count). The Bertz CT molecular complexity index is 129. The lowest BCUT2D eigenvalue weighted by Gasteiger charge is -2.29. The van der Waals surface area contributed by atoms with Crippen LogP contribution in [0.25, 0.3) is 0 Å². The van der Waals surface area contributed by atoms with Crippen molar-refractivity contribution in [1.82, 2.24) is 0 Å². The molecule has 1 aliphatic carbocycles. The summed E-state index contributed by atoms with van der Waals surface area (Å²) < 4.78 is 0. The van der Waals surface area contributed by atoms with Gasteiger partial charge in [0.25, 0.3) is 0 Å². The predicted molar refractivity (Wildman–Crippen MR) is 49.0 cm³/mol. The number of hydrogen-bond acceptors (Lipinski definition) is 0. The molecule has 0 N–H and O–H groups in total. The predicted octanol–water partition coefficient (Wildman–Crippen LogP) is 2.11. The standard InChI is InChI=1S/C9H19B/c1-6-5-8(10)9(3,4)7(6)2/h6-8H,5,10H2,1-4H3. The van der Waals surface area contributed by atoms with Gasteiger partial charge in [-0.2, -0.15) is 0 Å². The molecule has 3 atom stereocenters. The second-order valence-electron chi connectivity index (χ2n) is 4.72. The van der Waals surface area contributed by atoms with Crippen LogP contribution >= 0.6 is 0 Å².